The largest absolute Gasteiger partial charge is 0.476 e. The second kappa shape index (κ2) is 4.28. The van der Waals surface area contributed by atoms with E-state index in [9.17, 15) is 4.79 Å². The van der Waals surface area contributed by atoms with E-state index >= 15 is 0 Å². The third-order valence-electron chi connectivity index (χ3n) is 1.90. The Morgan fingerprint density at radius 2 is 2.31 bits per heavy atom. The summed E-state index contributed by atoms with van der Waals surface area (Å²) in [5.41, 5.74) is 3.29. The molecule has 2 rings (SSSR count). The van der Waals surface area contributed by atoms with Gasteiger partial charge in [0.1, 0.15) is 5.00 Å². The summed E-state index contributed by atoms with van der Waals surface area (Å²) in [6.07, 6.45) is 3.37. The van der Waals surface area contributed by atoms with Crippen LogP contribution in [0.25, 0.3) is 0 Å². The Kier molecular flexibility index (Phi) is 2.82. The van der Waals surface area contributed by atoms with Crippen molar-refractivity contribution in [3.8, 4) is 0 Å². The van der Waals surface area contributed by atoms with E-state index in [1.807, 2.05) is 13.0 Å². The molecule has 2 heterocycles. The summed E-state index contributed by atoms with van der Waals surface area (Å²) < 4.78 is 0. The summed E-state index contributed by atoms with van der Waals surface area (Å²) in [7, 11) is 0. The molecule has 82 valence electrons. The number of aromatic nitrogens is 2. The van der Waals surface area contributed by atoms with Crippen molar-refractivity contribution >= 4 is 28.0 Å². The number of aromatic carboxylic acids is 1. The number of pyridine rings is 1. The van der Waals surface area contributed by atoms with Crippen LogP contribution < -0.4 is 5.32 Å². The quantitative estimate of drug-likeness (QED) is 0.853. The number of nitrogens with zero attached hydrogens (tertiary/aromatic N) is 2. The number of aryl methyl sites for hydroxylation is 1. The van der Waals surface area contributed by atoms with Gasteiger partial charge in [0.15, 0.2) is 5.69 Å². The zero-order valence-corrected chi connectivity index (χ0v) is 9.28. The highest BCUT2D eigenvalue weighted by molar-refractivity contribution is 7.14. The SMILES string of the molecule is Cc1cncc(Nc2scnc2C(=O)O)c1. The minimum absolute atomic E-state index is 0.0338. The zero-order valence-electron chi connectivity index (χ0n) is 8.47. The van der Waals surface area contributed by atoms with Crippen molar-refractivity contribution in [3.05, 3.63) is 35.2 Å². The standard InChI is InChI=1S/C10H9N3O2S/c1-6-2-7(4-11-3-6)13-9-8(10(14)15)12-5-16-9/h2-5,13H,1H3,(H,14,15). The summed E-state index contributed by atoms with van der Waals surface area (Å²) in [6.45, 7) is 1.92. The number of carboxylic acid groups (broad SMARTS) is 1. The van der Waals surface area contributed by atoms with E-state index in [-0.39, 0.29) is 5.69 Å². The molecule has 0 bridgehead atoms. The molecule has 0 aliphatic carbocycles. The summed E-state index contributed by atoms with van der Waals surface area (Å²) >= 11 is 1.25. The predicted molar refractivity (Wildman–Crippen MR) is 61.3 cm³/mol. The Morgan fingerprint density at radius 3 is 3.00 bits per heavy atom. The lowest BCUT2D eigenvalue weighted by molar-refractivity contribution is 0.0692. The predicted octanol–water partition coefficient (Wildman–Crippen LogP) is 2.29. The van der Waals surface area contributed by atoms with Gasteiger partial charge >= 0.3 is 5.97 Å². The van der Waals surface area contributed by atoms with Gasteiger partial charge in [-0.2, -0.15) is 0 Å². The summed E-state index contributed by atoms with van der Waals surface area (Å²) in [5, 5.41) is 12.4. The van der Waals surface area contributed by atoms with Gasteiger partial charge < -0.3 is 10.4 Å². The average molecular weight is 235 g/mol. The highest BCUT2D eigenvalue weighted by Gasteiger charge is 2.13. The van der Waals surface area contributed by atoms with E-state index in [1.54, 1.807) is 12.4 Å². The highest BCUT2D eigenvalue weighted by Crippen LogP contribution is 2.24. The first-order chi connectivity index (χ1) is 7.66. The molecule has 0 aliphatic rings. The number of rotatable bonds is 3. The van der Waals surface area contributed by atoms with Gasteiger partial charge in [0.2, 0.25) is 0 Å². The van der Waals surface area contributed by atoms with Gasteiger partial charge in [-0.05, 0) is 18.6 Å². The highest BCUT2D eigenvalue weighted by atomic mass is 32.1. The normalized spacial score (nSPS) is 10.1. The van der Waals surface area contributed by atoms with E-state index in [2.05, 4.69) is 15.3 Å². The van der Waals surface area contributed by atoms with Crippen molar-refractivity contribution in [2.24, 2.45) is 0 Å². The van der Waals surface area contributed by atoms with E-state index in [0.717, 1.165) is 11.3 Å². The number of anilines is 2. The Labute approximate surface area is 95.8 Å². The number of carbonyl (C=O) groups is 1. The Bertz CT molecular complexity index is 524. The maximum absolute atomic E-state index is 10.8. The van der Waals surface area contributed by atoms with Crippen molar-refractivity contribution in [2.75, 3.05) is 5.32 Å². The molecule has 5 nitrogen and oxygen atoms in total. The van der Waals surface area contributed by atoms with E-state index in [1.165, 1.54) is 16.8 Å². The molecule has 0 radical (unpaired) electrons. The maximum Gasteiger partial charge on any atom is 0.357 e. The fourth-order valence-corrected chi connectivity index (χ4v) is 1.93. The average Bonchev–Trinajstić information content (AvgIpc) is 2.66. The number of hydrogen-bond acceptors (Lipinski definition) is 5. The lowest BCUT2D eigenvalue weighted by atomic mass is 10.3. The molecule has 0 fully saturated rings. The molecular weight excluding hydrogens is 226 g/mol. The molecule has 0 spiro atoms. The summed E-state index contributed by atoms with van der Waals surface area (Å²) in [4.78, 5) is 18.6. The zero-order chi connectivity index (χ0) is 11.5. The van der Waals surface area contributed by atoms with Crippen LogP contribution >= 0.6 is 11.3 Å². The molecule has 0 atom stereocenters. The van der Waals surface area contributed by atoms with Crippen LogP contribution in [0, 0.1) is 6.92 Å². The fourth-order valence-electron chi connectivity index (χ4n) is 1.24. The minimum atomic E-state index is -1.04. The van der Waals surface area contributed by atoms with Crippen LogP contribution in [-0.2, 0) is 0 Å². The van der Waals surface area contributed by atoms with Gasteiger partial charge in [0.05, 0.1) is 17.4 Å². The number of hydrogen-bond donors (Lipinski definition) is 2. The molecule has 0 unspecified atom stereocenters. The third-order valence-corrected chi connectivity index (χ3v) is 2.64. The van der Waals surface area contributed by atoms with Crippen molar-refractivity contribution in [1.29, 1.82) is 0 Å². The van der Waals surface area contributed by atoms with Crippen LogP contribution in [-0.4, -0.2) is 21.0 Å². The lowest BCUT2D eigenvalue weighted by Crippen LogP contribution is -2.01. The molecule has 0 saturated heterocycles. The molecule has 6 heteroatoms. The van der Waals surface area contributed by atoms with Crippen molar-refractivity contribution in [1.82, 2.24) is 9.97 Å². The topological polar surface area (TPSA) is 75.1 Å². The Balaban J connectivity index is 2.27. The third kappa shape index (κ3) is 2.17. The van der Waals surface area contributed by atoms with Gasteiger partial charge in [-0.3, -0.25) is 4.98 Å². The summed E-state index contributed by atoms with van der Waals surface area (Å²) in [6, 6.07) is 1.89. The van der Waals surface area contributed by atoms with Crippen LogP contribution in [0.15, 0.2) is 24.0 Å². The fraction of sp³-hybridized carbons (Fsp3) is 0.100. The summed E-state index contributed by atoms with van der Waals surface area (Å²) in [5.74, 6) is -1.04. The van der Waals surface area contributed by atoms with Crippen LogP contribution in [0.2, 0.25) is 0 Å². The smallest absolute Gasteiger partial charge is 0.357 e. The molecule has 16 heavy (non-hydrogen) atoms. The lowest BCUT2D eigenvalue weighted by Gasteiger charge is -2.04. The van der Waals surface area contributed by atoms with Gasteiger partial charge in [0, 0.05) is 6.20 Å². The second-order valence-corrected chi connectivity index (χ2v) is 4.07. The molecule has 0 aliphatic heterocycles. The van der Waals surface area contributed by atoms with Gasteiger partial charge in [-0.15, -0.1) is 11.3 Å². The molecular formula is C10H9N3O2S. The maximum atomic E-state index is 10.8. The minimum Gasteiger partial charge on any atom is -0.476 e. The Hall–Kier alpha value is -1.95. The van der Waals surface area contributed by atoms with Crippen LogP contribution in [0.4, 0.5) is 10.7 Å². The first-order valence-corrected chi connectivity index (χ1v) is 5.40. The van der Waals surface area contributed by atoms with Gasteiger partial charge in [-0.25, -0.2) is 9.78 Å². The molecule has 2 aromatic rings. The number of carboxylic acids is 1. The van der Waals surface area contributed by atoms with E-state index in [4.69, 9.17) is 5.11 Å². The molecule has 0 amide bonds. The Morgan fingerprint density at radius 1 is 1.50 bits per heavy atom. The van der Waals surface area contributed by atoms with Gasteiger partial charge in [0.25, 0.3) is 0 Å². The molecule has 0 aromatic carbocycles. The first kappa shape index (κ1) is 10.6. The van der Waals surface area contributed by atoms with Crippen molar-refractivity contribution in [3.63, 3.8) is 0 Å². The number of thiazole rings is 1. The van der Waals surface area contributed by atoms with Gasteiger partial charge in [-0.1, -0.05) is 0 Å². The monoisotopic (exact) mass is 235 g/mol. The van der Waals surface area contributed by atoms with Crippen molar-refractivity contribution in [2.45, 2.75) is 6.92 Å². The molecule has 2 aromatic heterocycles. The number of nitrogens with one attached hydrogen (secondary N) is 1. The molecule has 2 N–H and O–H groups in total. The van der Waals surface area contributed by atoms with Crippen LogP contribution in [0.5, 0.6) is 0 Å². The second-order valence-electron chi connectivity index (χ2n) is 3.21. The van der Waals surface area contributed by atoms with Crippen LogP contribution in [0.3, 0.4) is 0 Å². The van der Waals surface area contributed by atoms with E-state index < -0.39 is 5.97 Å². The van der Waals surface area contributed by atoms with E-state index in [0.29, 0.717) is 5.00 Å². The first-order valence-electron chi connectivity index (χ1n) is 4.52. The van der Waals surface area contributed by atoms with Crippen molar-refractivity contribution < 1.29 is 9.90 Å². The van der Waals surface area contributed by atoms with Crippen LogP contribution in [0.1, 0.15) is 16.1 Å². The molecule has 0 saturated carbocycles.